The van der Waals surface area contributed by atoms with Crippen LogP contribution in [0, 0.1) is 0 Å². The molecule has 0 radical (unpaired) electrons. The number of carbonyl (C=O) groups excluding carboxylic acids is 2. The summed E-state index contributed by atoms with van der Waals surface area (Å²) in [5.41, 5.74) is 5.90. The molecule has 98 valence electrons. The molecule has 2 rings (SSSR count). The Morgan fingerprint density at radius 3 is 2.83 bits per heavy atom. The van der Waals surface area contributed by atoms with E-state index in [1.54, 1.807) is 0 Å². The number of nitrogens with zero attached hydrogens (tertiary/aromatic N) is 1. The van der Waals surface area contributed by atoms with E-state index in [9.17, 15) is 14.4 Å². The predicted molar refractivity (Wildman–Crippen MR) is 62.4 cm³/mol. The molecule has 0 aromatic carbocycles. The first-order valence-electron chi connectivity index (χ1n) is 5.22. The van der Waals surface area contributed by atoms with Crippen LogP contribution in [0.25, 0.3) is 0 Å². The van der Waals surface area contributed by atoms with Gasteiger partial charge in [0.05, 0.1) is 0 Å². The van der Waals surface area contributed by atoms with E-state index in [1.807, 2.05) is 0 Å². The van der Waals surface area contributed by atoms with Crippen molar-refractivity contribution in [2.75, 3.05) is 12.4 Å². The van der Waals surface area contributed by atoms with Crippen molar-refractivity contribution in [1.82, 2.24) is 4.90 Å². The molecule has 8 heteroatoms. The molecular weight excluding hydrogens is 260 g/mol. The summed E-state index contributed by atoms with van der Waals surface area (Å²) in [5, 5.41) is 8.83. The molecule has 0 aromatic heterocycles. The molecule has 3 N–H and O–H groups in total. The molecular formula is C10H12N2O5S. The lowest BCUT2D eigenvalue weighted by molar-refractivity contribution is -0.148. The van der Waals surface area contributed by atoms with E-state index in [-0.39, 0.29) is 17.7 Å². The quantitative estimate of drug-likeness (QED) is 0.507. The zero-order chi connectivity index (χ0) is 13.4. The van der Waals surface area contributed by atoms with E-state index in [0.717, 1.165) is 0 Å². The van der Waals surface area contributed by atoms with E-state index < -0.39 is 23.9 Å². The second-order valence-corrected chi connectivity index (χ2v) is 5.08. The Morgan fingerprint density at radius 1 is 1.61 bits per heavy atom. The molecule has 2 heterocycles. The molecule has 1 fully saturated rings. The largest absolute Gasteiger partial charge is 0.477 e. The van der Waals surface area contributed by atoms with Crippen LogP contribution in [0.15, 0.2) is 11.3 Å². The van der Waals surface area contributed by atoms with Crippen LogP contribution < -0.4 is 5.73 Å². The normalized spacial score (nSPS) is 26.6. The van der Waals surface area contributed by atoms with E-state index in [4.69, 9.17) is 15.6 Å². The summed E-state index contributed by atoms with van der Waals surface area (Å²) < 4.78 is 4.79. The van der Waals surface area contributed by atoms with Gasteiger partial charge in [-0.15, -0.1) is 11.8 Å². The number of hydrogen-bond acceptors (Lipinski definition) is 6. The predicted octanol–water partition coefficient (Wildman–Crippen LogP) is -0.869. The van der Waals surface area contributed by atoms with Crippen molar-refractivity contribution in [3.63, 3.8) is 0 Å². The van der Waals surface area contributed by atoms with Gasteiger partial charge in [-0.1, -0.05) is 0 Å². The minimum absolute atomic E-state index is 0.105. The van der Waals surface area contributed by atoms with E-state index in [2.05, 4.69) is 0 Å². The summed E-state index contributed by atoms with van der Waals surface area (Å²) in [5.74, 6) is -1.73. The van der Waals surface area contributed by atoms with Gasteiger partial charge in [0.15, 0.2) is 0 Å². The second kappa shape index (κ2) is 4.62. The number of ether oxygens (including phenoxy) is 1. The van der Waals surface area contributed by atoms with Crippen molar-refractivity contribution in [3.8, 4) is 0 Å². The molecule has 1 amide bonds. The van der Waals surface area contributed by atoms with Crippen LogP contribution in [0.1, 0.15) is 6.92 Å². The van der Waals surface area contributed by atoms with Gasteiger partial charge in [0.25, 0.3) is 0 Å². The number of esters is 1. The highest BCUT2D eigenvalue weighted by Gasteiger charge is 2.51. The maximum Gasteiger partial charge on any atom is 0.352 e. The average molecular weight is 272 g/mol. The summed E-state index contributed by atoms with van der Waals surface area (Å²) in [7, 11) is 0. The maximum absolute atomic E-state index is 11.6. The van der Waals surface area contributed by atoms with E-state index >= 15 is 0 Å². The fraction of sp³-hybridized carbons (Fsp3) is 0.500. The first-order chi connectivity index (χ1) is 8.43. The summed E-state index contributed by atoms with van der Waals surface area (Å²) in [6, 6.07) is -0.653. The minimum Gasteiger partial charge on any atom is -0.477 e. The van der Waals surface area contributed by atoms with E-state index in [1.165, 1.54) is 23.6 Å². The first-order valence-corrected chi connectivity index (χ1v) is 6.27. The number of carbonyl (C=O) groups is 3. The van der Waals surface area contributed by atoms with Crippen LogP contribution >= 0.6 is 11.8 Å². The van der Waals surface area contributed by atoms with Crippen molar-refractivity contribution in [2.45, 2.75) is 18.3 Å². The van der Waals surface area contributed by atoms with Gasteiger partial charge < -0.3 is 15.6 Å². The van der Waals surface area contributed by atoms with Gasteiger partial charge in [-0.2, -0.15) is 0 Å². The summed E-state index contributed by atoms with van der Waals surface area (Å²) >= 11 is 1.37. The van der Waals surface area contributed by atoms with Crippen LogP contribution in [0.2, 0.25) is 0 Å². The number of nitrogens with two attached hydrogens (primary N) is 1. The molecule has 0 saturated carbocycles. The lowest BCUT2D eigenvalue weighted by atomic mass is 10.0. The zero-order valence-electron chi connectivity index (χ0n) is 9.58. The number of β-lactam (4-membered cyclic amide) rings is 1. The fourth-order valence-corrected chi connectivity index (χ4v) is 3.15. The third-order valence-corrected chi connectivity index (χ3v) is 4.10. The van der Waals surface area contributed by atoms with Crippen molar-refractivity contribution in [1.29, 1.82) is 0 Å². The number of rotatable bonds is 3. The minimum atomic E-state index is -1.21. The highest BCUT2D eigenvalue weighted by atomic mass is 32.2. The zero-order valence-corrected chi connectivity index (χ0v) is 10.4. The number of carboxylic acid groups (broad SMARTS) is 1. The number of amides is 1. The Kier molecular flexibility index (Phi) is 3.31. The molecule has 0 aromatic rings. The first kappa shape index (κ1) is 12.9. The van der Waals surface area contributed by atoms with Crippen LogP contribution in [0.4, 0.5) is 0 Å². The third kappa shape index (κ3) is 1.97. The van der Waals surface area contributed by atoms with Crippen LogP contribution in [0.3, 0.4) is 0 Å². The lowest BCUT2D eigenvalue weighted by Gasteiger charge is -2.47. The van der Waals surface area contributed by atoms with Gasteiger partial charge in [0.2, 0.25) is 5.91 Å². The monoisotopic (exact) mass is 272 g/mol. The smallest absolute Gasteiger partial charge is 0.352 e. The molecule has 0 bridgehead atoms. The number of carboxylic acids is 1. The topological polar surface area (TPSA) is 110 Å². The Labute approximate surface area is 107 Å². The Morgan fingerprint density at radius 2 is 2.28 bits per heavy atom. The molecule has 0 aliphatic carbocycles. The molecule has 0 spiro atoms. The van der Waals surface area contributed by atoms with Crippen molar-refractivity contribution >= 4 is 29.6 Å². The fourth-order valence-electron chi connectivity index (χ4n) is 1.88. The van der Waals surface area contributed by atoms with Crippen molar-refractivity contribution in [2.24, 2.45) is 5.73 Å². The molecule has 7 nitrogen and oxygen atoms in total. The number of aliphatic carboxylic acids is 1. The average Bonchev–Trinajstić information content (AvgIpc) is 2.33. The van der Waals surface area contributed by atoms with Crippen molar-refractivity contribution in [3.05, 3.63) is 11.3 Å². The third-order valence-electron chi connectivity index (χ3n) is 2.74. The molecule has 18 heavy (non-hydrogen) atoms. The summed E-state index contributed by atoms with van der Waals surface area (Å²) in [6.07, 6.45) is 0. The molecule has 1 saturated heterocycles. The van der Waals surface area contributed by atoms with Gasteiger partial charge >= 0.3 is 11.9 Å². The number of thioether (sulfide) groups is 1. The van der Waals surface area contributed by atoms with Crippen molar-refractivity contribution < 1.29 is 24.2 Å². The van der Waals surface area contributed by atoms with Gasteiger partial charge in [0, 0.05) is 18.2 Å². The Balaban J connectivity index is 2.26. The SMILES string of the molecule is CC(=O)OCC1=C(C(=O)O)N2C(=O)C(N)[C@H]2SC1. The van der Waals surface area contributed by atoms with Crippen LogP contribution in [-0.4, -0.2) is 51.6 Å². The molecule has 2 atom stereocenters. The van der Waals surface area contributed by atoms with Gasteiger partial charge in [-0.25, -0.2) is 4.79 Å². The lowest BCUT2D eigenvalue weighted by Crippen LogP contribution is -2.68. The second-order valence-electron chi connectivity index (χ2n) is 3.97. The molecule has 2 aliphatic heterocycles. The number of fused-ring (bicyclic) bond motifs is 1. The van der Waals surface area contributed by atoms with Gasteiger partial charge in [0.1, 0.15) is 23.7 Å². The van der Waals surface area contributed by atoms with Crippen LogP contribution in [0.5, 0.6) is 0 Å². The molecule has 1 unspecified atom stereocenters. The van der Waals surface area contributed by atoms with Gasteiger partial charge in [-0.05, 0) is 0 Å². The highest BCUT2D eigenvalue weighted by Crippen LogP contribution is 2.39. The highest BCUT2D eigenvalue weighted by molar-refractivity contribution is 8.00. The van der Waals surface area contributed by atoms with Crippen LogP contribution in [-0.2, 0) is 19.1 Å². The Hall–Kier alpha value is -1.54. The Bertz CT molecular complexity index is 461. The summed E-state index contributed by atoms with van der Waals surface area (Å²) in [6.45, 7) is 1.13. The number of hydrogen-bond donors (Lipinski definition) is 2. The van der Waals surface area contributed by atoms with Gasteiger partial charge in [-0.3, -0.25) is 14.5 Å². The van der Waals surface area contributed by atoms with E-state index in [0.29, 0.717) is 11.3 Å². The summed E-state index contributed by atoms with van der Waals surface area (Å²) in [4.78, 5) is 34.7. The molecule has 2 aliphatic rings. The maximum atomic E-state index is 11.6. The standard InChI is InChI=1S/C10H12N2O5S/c1-4(13)17-2-5-3-18-9-6(11)8(14)12(9)7(5)10(15)16/h6,9H,2-3,11H2,1H3,(H,15,16)/t6?,9-/m1/s1.